The maximum Gasteiger partial charge on any atom is 0.223 e. The Bertz CT molecular complexity index is 689. The Morgan fingerprint density at radius 2 is 2.17 bits per heavy atom. The number of allylic oxidation sites excluding steroid dienone is 2. The molecule has 3 rings (SSSR count). The van der Waals surface area contributed by atoms with E-state index < -0.39 is 0 Å². The first-order chi connectivity index (χ1) is 11.3. The summed E-state index contributed by atoms with van der Waals surface area (Å²) in [4.78, 5) is 12.2. The fourth-order valence-electron chi connectivity index (χ4n) is 2.81. The second-order valence-electron chi connectivity index (χ2n) is 5.70. The predicted octanol–water partition coefficient (Wildman–Crippen LogP) is 3.06. The molecule has 0 bridgehead atoms. The zero-order chi connectivity index (χ0) is 16.1. The molecule has 1 aromatic carbocycles. The number of carbonyl (C=O) groups excluding carboxylic acids is 1. The number of ether oxygens (including phenoxy) is 1. The van der Waals surface area contributed by atoms with Crippen LogP contribution in [0.25, 0.3) is 11.3 Å². The number of hydrogen-bond donors (Lipinski definition) is 2. The summed E-state index contributed by atoms with van der Waals surface area (Å²) in [5, 5.41) is 10.2. The first-order valence-electron chi connectivity index (χ1n) is 7.87. The number of aromatic nitrogens is 2. The van der Waals surface area contributed by atoms with E-state index in [9.17, 15) is 4.79 Å². The van der Waals surface area contributed by atoms with Gasteiger partial charge in [0.2, 0.25) is 5.91 Å². The summed E-state index contributed by atoms with van der Waals surface area (Å²) in [5.74, 6) is 1.03. The van der Waals surface area contributed by atoms with Crippen LogP contribution in [0.15, 0.2) is 42.6 Å². The van der Waals surface area contributed by atoms with Crippen LogP contribution in [0.5, 0.6) is 5.75 Å². The Morgan fingerprint density at radius 1 is 1.35 bits per heavy atom. The highest BCUT2D eigenvalue weighted by atomic mass is 16.5. The molecule has 23 heavy (non-hydrogen) atoms. The Hall–Kier alpha value is -2.56. The molecule has 0 saturated carbocycles. The molecule has 1 aromatic heterocycles. The second-order valence-corrected chi connectivity index (χ2v) is 5.70. The van der Waals surface area contributed by atoms with Crippen molar-refractivity contribution in [1.82, 2.24) is 15.5 Å². The monoisotopic (exact) mass is 311 g/mol. The first kappa shape index (κ1) is 15.3. The van der Waals surface area contributed by atoms with Crippen molar-refractivity contribution in [2.75, 3.05) is 7.11 Å². The number of carbonyl (C=O) groups is 1. The molecule has 2 aromatic rings. The third-order valence-corrected chi connectivity index (χ3v) is 4.19. The highest BCUT2D eigenvalue weighted by Crippen LogP contribution is 2.24. The van der Waals surface area contributed by atoms with Gasteiger partial charge in [-0.05, 0) is 43.5 Å². The summed E-state index contributed by atoms with van der Waals surface area (Å²) in [6.45, 7) is 0.483. The van der Waals surface area contributed by atoms with Gasteiger partial charge in [-0.3, -0.25) is 9.89 Å². The number of nitrogens with one attached hydrogen (secondary N) is 2. The minimum absolute atomic E-state index is 0.0938. The molecule has 0 spiro atoms. The highest BCUT2D eigenvalue weighted by molar-refractivity contribution is 5.79. The summed E-state index contributed by atoms with van der Waals surface area (Å²) < 4.78 is 5.17. The molecule has 1 atom stereocenters. The number of rotatable bonds is 5. The summed E-state index contributed by atoms with van der Waals surface area (Å²) in [6, 6.07) is 7.77. The molecule has 0 saturated heterocycles. The maximum atomic E-state index is 12.2. The molecule has 1 aliphatic rings. The van der Waals surface area contributed by atoms with E-state index >= 15 is 0 Å². The number of amides is 1. The SMILES string of the molecule is COc1ccc(-c2[nH]ncc2CNC(=O)C2CC=CCC2)cc1. The van der Waals surface area contributed by atoms with E-state index in [0.717, 1.165) is 41.8 Å². The lowest BCUT2D eigenvalue weighted by Crippen LogP contribution is -2.30. The third kappa shape index (κ3) is 3.62. The summed E-state index contributed by atoms with van der Waals surface area (Å²) >= 11 is 0. The van der Waals surface area contributed by atoms with Gasteiger partial charge >= 0.3 is 0 Å². The van der Waals surface area contributed by atoms with Crippen LogP contribution in [0, 0.1) is 5.92 Å². The van der Waals surface area contributed by atoms with Crippen molar-refractivity contribution in [2.45, 2.75) is 25.8 Å². The smallest absolute Gasteiger partial charge is 0.223 e. The molecule has 1 amide bonds. The first-order valence-corrected chi connectivity index (χ1v) is 7.87. The summed E-state index contributed by atoms with van der Waals surface area (Å²) in [6.07, 6.45) is 8.75. The number of nitrogens with zero attached hydrogens (tertiary/aromatic N) is 1. The van der Waals surface area contributed by atoms with Gasteiger partial charge in [0.05, 0.1) is 19.0 Å². The van der Waals surface area contributed by atoms with Gasteiger partial charge in [-0.15, -0.1) is 0 Å². The van der Waals surface area contributed by atoms with Gasteiger partial charge in [-0.1, -0.05) is 12.2 Å². The van der Waals surface area contributed by atoms with E-state index in [0.29, 0.717) is 6.54 Å². The number of aromatic amines is 1. The van der Waals surface area contributed by atoms with Crippen molar-refractivity contribution < 1.29 is 9.53 Å². The van der Waals surface area contributed by atoms with Crippen LogP contribution in [-0.2, 0) is 11.3 Å². The summed E-state index contributed by atoms with van der Waals surface area (Å²) in [7, 11) is 1.65. The van der Waals surface area contributed by atoms with Crippen molar-refractivity contribution in [3.8, 4) is 17.0 Å². The van der Waals surface area contributed by atoms with Crippen molar-refractivity contribution >= 4 is 5.91 Å². The van der Waals surface area contributed by atoms with Gasteiger partial charge in [-0.25, -0.2) is 0 Å². The van der Waals surface area contributed by atoms with Gasteiger partial charge in [0.15, 0.2) is 0 Å². The molecular weight excluding hydrogens is 290 g/mol. The standard InChI is InChI=1S/C18H21N3O2/c1-23-16-9-7-13(8-10-16)17-15(12-20-21-17)11-19-18(22)14-5-3-2-4-6-14/h2-3,7-10,12,14H,4-6,11H2,1H3,(H,19,22)(H,20,21). The minimum atomic E-state index is 0.0938. The fraction of sp³-hybridized carbons (Fsp3) is 0.333. The third-order valence-electron chi connectivity index (χ3n) is 4.19. The molecule has 2 N–H and O–H groups in total. The highest BCUT2D eigenvalue weighted by Gasteiger charge is 2.19. The van der Waals surface area contributed by atoms with E-state index in [2.05, 4.69) is 27.7 Å². The Balaban J connectivity index is 1.66. The normalized spacial score (nSPS) is 17.0. The zero-order valence-corrected chi connectivity index (χ0v) is 13.2. The van der Waals surface area contributed by atoms with Crippen molar-refractivity contribution in [2.24, 2.45) is 5.92 Å². The molecule has 1 heterocycles. The number of benzene rings is 1. The predicted molar refractivity (Wildman–Crippen MR) is 88.9 cm³/mol. The van der Waals surface area contributed by atoms with Gasteiger partial charge in [0, 0.05) is 23.6 Å². The lowest BCUT2D eigenvalue weighted by molar-refractivity contribution is -0.125. The van der Waals surface area contributed by atoms with E-state index in [-0.39, 0.29) is 11.8 Å². The van der Waals surface area contributed by atoms with E-state index in [4.69, 9.17) is 4.74 Å². The fourth-order valence-corrected chi connectivity index (χ4v) is 2.81. The average molecular weight is 311 g/mol. The number of methoxy groups -OCH3 is 1. The van der Waals surface area contributed by atoms with Crippen LogP contribution in [0.2, 0.25) is 0 Å². The molecule has 120 valence electrons. The second kappa shape index (κ2) is 7.13. The molecule has 0 fully saturated rings. The lowest BCUT2D eigenvalue weighted by Gasteiger charge is -2.17. The maximum absolute atomic E-state index is 12.2. The van der Waals surface area contributed by atoms with Gasteiger partial charge in [0.25, 0.3) is 0 Å². The minimum Gasteiger partial charge on any atom is -0.497 e. The Labute approximate surface area is 135 Å². The quantitative estimate of drug-likeness (QED) is 0.834. The van der Waals surface area contributed by atoms with Crippen LogP contribution in [0.1, 0.15) is 24.8 Å². The molecular formula is C18H21N3O2. The summed E-state index contributed by atoms with van der Waals surface area (Å²) in [5.41, 5.74) is 2.93. The largest absolute Gasteiger partial charge is 0.497 e. The van der Waals surface area contributed by atoms with Crippen LogP contribution >= 0.6 is 0 Å². The van der Waals surface area contributed by atoms with E-state index in [1.165, 1.54) is 0 Å². The topological polar surface area (TPSA) is 67.0 Å². The molecule has 0 aliphatic heterocycles. The van der Waals surface area contributed by atoms with Gasteiger partial charge in [0.1, 0.15) is 5.75 Å². The number of hydrogen-bond acceptors (Lipinski definition) is 3. The van der Waals surface area contributed by atoms with Crippen LogP contribution < -0.4 is 10.1 Å². The van der Waals surface area contributed by atoms with Crippen LogP contribution in [0.3, 0.4) is 0 Å². The van der Waals surface area contributed by atoms with Crippen molar-refractivity contribution in [3.05, 3.63) is 48.2 Å². The molecule has 5 heteroatoms. The molecule has 1 unspecified atom stereocenters. The van der Waals surface area contributed by atoms with E-state index in [1.807, 2.05) is 24.3 Å². The molecule has 1 aliphatic carbocycles. The number of H-pyrrole nitrogens is 1. The average Bonchev–Trinajstić information content (AvgIpc) is 3.09. The van der Waals surface area contributed by atoms with Crippen molar-refractivity contribution in [3.63, 3.8) is 0 Å². The Morgan fingerprint density at radius 3 is 2.87 bits per heavy atom. The van der Waals surface area contributed by atoms with Crippen molar-refractivity contribution in [1.29, 1.82) is 0 Å². The van der Waals surface area contributed by atoms with Gasteiger partial charge < -0.3 is 10.1 Å². The van der Waals surface area contributed by atoms with Crippen LogP contribution in [-0.4, -0.2) is 23.2 Å². The molecule has 5 nitrogen and oxygen atoms in total. The zero-order valence-electron chi connectivity index (χ0n) is 13.2. The van der Waals surface area contributed by atoms with Crippen LogP contribution in [0.4, 0.5) is 0 Å². The molecule has 0 radical (unpaired) electrons. The lowest BCUT2D eigenvalue weighted by atomic mass is 9.93. The van der Waals surface area contributed by atoms with Gasteiger partial charge in [-0.2, -0.15) is 5.10 Å². The Kier molecular flexibility index (Phi) is 4.76. The van der Waals surface area contributed by atoms with E-state index in [1.54, 1.807) is 13.3 Å².